The molecule has 3 aliphatic rings. The first-order chi connectivity index (χ1) is 15.1. The second-order valence-corrected chi connectivity index (χ2v) is 9.65. The highest BCUT2D eigenvalue weighted by atomic mass is 32.2. The number of anilines is 3. The van der Waals surface area contributed by atoms with Gasteiger partial charge in [0, 0.05) is 70.6 Å². The highest BCUT2D eigenvalue weighted by molar-refractivity contribution is 7.85. The Morgan fingerprint density at radius 3 is 2.68 bits per heavy atom. The summed E-state index contributed by atoms with van der Waals surface area (Å²) in [6.07, 6.45) is 5.30. The van der Waals surface area contributed by atoms with E-state index in [1.807, 2.05) is 13.1 Å². The second-order valence-electron chi connectivity index (χ2n) is 8.14. The van der Waals surface area contributed by atoms with Gasteiger partial charge in [-0.3, -0.25) is 9.00 Å². The summed E-state index contributed by atoms with van der Waals surface area (Å²) < 4.78 is 12.6. The zero-order valence-corrected chi connectivity index (χ0v) is 18.3. The molecular formula is C20H26N8O2S. The molecule has 2 fully saturated rings. The van der Waals surface area contributed by atoms with Crippen molar-refractivity contribution >= 4 is 34.3 Å². The second kappa shape index (κ2) is 8.37. The Hall–Kier alpha value is -2.82. The maximum atomic E-state index is 12.6. The molecule has 2 aromatic heterocycles. The third kappa shape index (κ3) is 4.06. The first kappa shape index (κ1) is 20.1. The molecule has 0 radical (unpaired) electrons. The predicted molar refractivity (Wildman–Crippen MR) is 118 cm³/mol. The van der Waals surface area contributed by atoms with Gasteiger partial charge in [0.1, 0.15) is 22.9 Å². The lowest BCUT2D eigenvalue weighted by Gasteiger charge is -2.36. The molecule has 2 atom stereocenters. The summed E-state index contributed by atoms with van der Waals surface area (Å²) in [6, 6.07) is 2.02. The van der Waals surface area contributed by atoms with Gasteiger partial charge >= 0.3 is 0 Å². The van der Waals surface area contributed by atoms with E-state index in [2.05, 4.69) is 25.1 Å². The molecule has 2 saturated heterocycles. The van der Waals surface area contributed by atoms with Gasteiger partial charge in [-0.1, -0.05) is 0 Å². The fraction of sp³-hybridized carbons (Fsp3) is 0.550. The normalized spacial score (nSPS) is 23.8. The number of amides is 1. The van der Waals surface area contributed by atoms with E-state index >= 15 is 0 Å². The zero-order chi connectivity index (χ0) is 21.4. The lowest BCUT2D eigenvalue weighted by molar-refractivity contribution is -0.132. The van der Waals surface area contributed by atoms with Crippen LogP contribution in [0.5, 0.6) is 0 Å². The van der Waals surface area contributed by atoms with Crippen molar-refractivity contribution < 1.29 is 9.00 Å². The van der Waals surface area contributed by atoms with E-state index in [1.165, 1.54) is 0 Å². The van der Waals surface area contributed by atoms with E-state index < -0.39 is 10.8 Å². The smallest absolute Gasteiger partial charge is 0.227 e. The largest absolute Gasteiger partial charge is 0.364 e. The van der Waals surface area contributed by atoms with Gasteiger partial charge in [-0.25, -0.2) is 15.0 Å². The SMILES string of the molecule is CN1CC(Nc2nc(N3CCN(c4ccncn4)CC3)nc3c2S(=O)CC3)CCC1=O. The van der Waals surface area contributed by atoms with Crippen LogP contribution in [-0.2, 0) is 22.0 Å². The number of likely N-dealkylation sites (tertiary alicyclic amines) is 1. The Labute approximate surface area is 183 Å². The average molecular weight is 443 g/mol. The summed E-state index contributed by atoms with van der Waals surface area (Å²) >= 11 is 0. The fourth-order valence-electron chi connectivity index (χ4n) is 4.35. The van der Waals surface area contributed by atoms with Crippen molar-refractivity contribution in [3.8, 4) is 0 Å². The number of carbonyl (C=O) groups excluding carboxylic acids is 1. The Morgan fingerprint density at radius 2 is 1.94 bits per heavy atom. The molecule has 0 saturated carbocycles. The molecule has 10 nitrogen and oxygen atoms in total. The number of piperazine rings is 1. The lowest BCUT2D eigenvalue weighted by atomic mass is 10.1. The van der Waals surface area contributed by atoms with Crippen molar-refractivity contribution in [2.24, 2.45) is 0 Å². The summed E-state index contributed by atoms with van der Waals surface area (Å²) in [5, 5.41) is 3.48. The van der Waals surface area contributed by atoms with Gasteiger partial charge in [-0.05, 0) is 12.5 Å². The maximum Gasteiger partial charge on any atom is 0.227 e. The number of hydrogen-bond donors (Lipinski definition) is 1. The number of hydrogen-bond acceptors (Lipinski definition) is 9. The number of rotatable bonds is 4. The number of fused-ring (bicyclic) bond motifs is 1. The molecule has 2 aromatic rings. The Kier molecular flexibility index (Phi) is 5.43. The Balaban J connectivity index is 1.35. The number of carbonyl (C=O) groups is 1. The van der Waals surface area contributed by atoms with Crippen LogP contribution in [0.1, 0.15) is 18.5 Å². The molecule has 0 bridgehead atoms. The molecular weight excluding hydrogens is 416 g/mol. The summed E-state index contributed by atoms with van der Waals surface area (Å²) in [4.78, 5) is 36.6. The van der Waals surface area contributed by atoms with Crippen LogP contribution in [0.4, 0.5) is 17.6 Å². The van der Waals surface area contributed by atoms with Gasteiger partial charge < -0.3 is 20.0 Å². The van der Waals surface area contributed by atoms with E-state index in [9.17, 15) is 9.00 Å². The summed E-state index contributed by atoms with van der Waals surface area (Å²) in [5.41, 5.74) is 0.879. The van der Waals surface area contributed by atoms with Gasteiger partial charge in [-0.15, -0.1) is 0 Å². The van der Waals surface area contributed by atoms with Gasteiger partial charge in [0.25, 0.3) is 0 Å². The number of piperidine rings is 1. The number of aryl methyl sites for hydroxylation is 1. The Morgan fingerprint density at radius 1 is 1.13 bits per heavy atom. The molecule has 0 aromatic carbocycles. The molecule has 2 unspecified atom stereocenters. The van der Waals surface area contributed by atoms with Gasteiger partial charge in [0.2, 0.25) is 11.9 Å². The van der Waals surface area contributed by atoms with Crippen LogP contribution in [0.25, 0.3) is 0 Å². The number of nitrogens with zero attached hydrogens (tertiary/aromatic N) is 7. The van der Waals surface area contributed by atoms with Crippen molar-refractivity contribution in [3.63, 3.8) is 0 Å². The molecule has 164 valence electrons. The Bertz CT molecular complexity index is 996. The van der Waals surface area contributed by atoms with E-state index in [0.29, 0.717) is 36.9 Å². The lowest BCUT2D eigenvalue weighted by Crippen LogP contribution is -2.47. The molecule has 31 heavy (non-hydrogen) atoms. The maximum absolute atomic E-state index is 12.6. The van der Waals surface area contributed by atoms with Crippen LogP contribution in [0.3, 0.4) is 0 Å². The summed E-state index contributed by atoms with van der Waals surface area (Å²) in [5.74, 6) is 3.03. The van der Waals surface area contributed by atoms with Crippen LogP contribution >= 0.6 is 0 Å². The predicted octanol–water partition coefficient (Wildman–Crippen LogP) is 0.290. The van der Waals surface area contributed by atoms with E-state index in [0.717, 1.165) is 49.0 Å². The van der Waals surface area contributed by atoms with Gasteiger partial charge in [0.15, 0.2) is 0 Å². The third-order valence-corrected chi connectivity index (χ3v) is 7.56. The number of aromatic nitrogens is 4. The number of likely N-dealkylation sites (N-methyl/N-ethyl adjacent to an activating group) is 1. The monoisotopic (exact) mass is 442 g/mol. The third-order valence-electron chi connectivity index (χ3n) is 6.10. The van der Waals surface area contributed by atoms with Gasteiger partial charge in [0.05, 0.1) is 16.5 Å². The van der Waals surface area contributed by atoms with Crippen LogP contribution in [-0.4, -0.2) is 86.5 Å². The first-order valence-corrected chi connectivity index (χ1v) is 12.0. The molecule has 3 aliphatic heterocycles. The van der Waals surface area contributed by atoms with Crippen LogP contribution in [0.15, 0.2) is 23.5 Å². The van der Waals surface area contributed by atoms with Crippen molar-refractivity contribution in [2.75, 3.05) is 60.6 Å². The quantitative estimate of drug-likeness (QED) is 0.715. The molecule has 1 N–H and O–H groups in total. The van der Waals surface area contributed by atoms with E-state index in [1.54, 1.807) is 17.4 Å². The van der Waals surface area contributed by atoms with Gasteiger partial charge in [-0.2, -0.15) is 4.98 Å². The minimum Gasteiger partial charge on any atom is -0.364 e. The number of nitrogens with one attached hydrogen (secondary N) is 1. The molecule has 11 heteroatoms. The first-order valence-electron chi connectivity index (χ1n) is 10.6. The molecule has 1 amide bonds. The van der Waals surface area contributed by atoms with Crippen molar-refractivity contribution in [2.45, 2.75) is 30.2 Å². The molecule has 5 heterocycles. The van der Waals surface area contributed by atoms with Crippen molar-refractivity contribution in [1.82, 2.24) is 24.8 Å². The summed E-state index contributed by atoms with van der Waals surface area (Å²) in [7, 11) is 0.739. The molecule has 5 rings (SSSR count). The topological polar surface area (TPSA) is 107 Å². The van der Waals surface area contributed by atoms with E-state index in [-0.39, 0.29) is 11.9 Å². The summed E-state index contributed by atoms with van der Waals surface area (Å²) in [6.45, 7) is 3.83. The molecule has 0 aliphatic carbocycles. The fourth-order valence-corrected chi connectivity index (χ4v) is 5.67. The van der Waals surface area contributed by atoms with Crippen LogP contribution < -0.4 is 15.1 Å². The van der Waals surface area contributed by atoms with Crippen LogP contribution in [0.2, 0.25) is 0 Å². The molecule has 0 spiro atoms. The minimum atomic E-state index is -1.08. The average Bonchev–Trinajstić information content (AvgIpc) is 3.18. The standard InChI is InChI=1S/C20H26N8O2S/c1-26-12-14(2-3-17(26)29)23-19-18-15(5-11-31(18)30)24-20(25-19)28-9-7-27(8-10-28)16-4-6-21-13-22-16/h4,6,13-14H,2-3,5,7-12H2,1H3,(H,23,24,25). The van der Waals surface area contributed by atoms with Crippen molar-refractivity contribution in [3.05, 3.63) is 24.3 Å². The van der Waals surface area contributed by atoms with Crippen molar-refractivity contribution in [1.29, 1.82) is 0 Å². The van der Waals surface area contributed by atoms with Crippen LogP contribution in [0, 0.1) is 0 Å². The van der Waals surface area contributed by atoms with E-state index in [4.69, 9.17) is 9.97 Å². The zero-order valence-electron chi connectivity index (χ0n) is 17.5. The highest BCUT2D eigenvalue weighted by Crippen LogP contribution is 2.31. The highest BCUT2D eigenvalue weighted by Gasteiger charge is 2.31. The minimum absolute atomic E-state index is 0.0989.